The summed E-state index contributed by atoms with van der Waals surface area (Å²) in [6.45, 7) is -0.517. The zero-order valence-electron chi connectivity index (χ0n) is 15.1. The molecule has 1 aliphatic heterocycles. The van der Waals surface area contributed by atoms with Crippen LogP contribution in [0, 0.1) is 10.1 Å². The van der Waals surface area contributed by atoms with Crippen LogP contribution in [0.1, 0.15) is 12.0 Å². The first-order valence-electron chi connectivity index (χ1n) is 8.55. The smallest absolute Gasteiger partial charge is 0.400 e. The Morgan fingerprint density at radius 3 is 2.83 bits per heavy atom. The number of furan rings is 1. The third-order valence-corrected chi connectivity index (χ3v) is 4.43. The quantitative estimate of drug-likeness (QED) is 0.183. The lowest BCUT2D eigenvalue weighted by Crippen LogP contribution is -2.33. The van der Waals surface area contributed by atoms with Crippen LogP contribution in [0.25, 0.3) is 11.2 Å². The van der Waals surface area contributed by atoms with Crippen molar-refractivity contribution in [3.05, 3.63) is 34.3 Å². The topological polar surface area (TPSA) is 220 Å². The molecule has 0 radical (unpaired) electrons. The van der Waals surface area contributed by atoms with E-state index in [9.17, 15) is 25.4 Å². The fourth-order valence-corrected chi connectivity index (χ4v) is 3.00. The Morgan fingerprint density at radius 2 is 2.17 bits per heavy atom. The molecule has 1 fully saturated rings. The van der Waals surface area contributed by atoms with Gasteiger partial charge in [-0.3, -0.25) is 14.7 Å². The van der Waals surface area contributed by atoms with E-state index in [0.717, 1.165) is 0 Å². The second kappa shape index (κ2) is 7.64. The number of hydrogen-bond acceptors (Lipinski definition) is 13. The lowest BCUT2D eigenvalue weighted by Gasteiger charge is -2.18. The Hall–Kier alpha value is -3.66. The summed E-state index contributed by atoms with van der Waals surface area (Å²) in [6, 6.07) is 2.52. The van der Waals surface area contributed by atoms with Gasteiger partial charge in [0.1, 0.15) is 29.6 Å². The summed E-state index contributed by atoms with van der Waals surface area (Å²) < 4.78 is 11.8. The van der Waals surface area contributed by atoms with Crippen LogP contribution >= 0.6 is 0 Å². The number of fused-ring (bicyclic) bond motifs is 1. The molecule has 158 valence electrons. The highest BCUT2D eigenvalue weighted by atomic mass is 16.6. The Balaban J connectivity index is 1.69. The van der Waals surface area contributed by atoms with Crippen molar-refractivity contribution in [3.63, 3.8) is 0 Å². The molecule has 4 heterocycles. The first-order chi connectivity index (χ1) is 14.4. The molecule has 15 heteroatoms. The molecule has 0 spiro atoms. The minimum Gasteiger partial charge on any atom is -0.400 e. The fraction of sp³-hybridized carbons (Fsp3) is 0.333. The first-order valence-corrected chi connectivity index (χ1v) is 8.55. The SMILES string of the molecule is Nc1ncnc2c1nc(N/N=C/c1ccc([N+](=O)[O-])o1)n2[C@H]1O[C@@H](CO)[C@H](O)[C@@H]1O. The minimum absolute atomic E-state index is 0.0179. The maximum Gasteiger partial charge on any atom is 0.433 e. The van der Waals surface area contributed by atoms with E-state index in [1.165, 1.54) is 29.2 Å². The molecule has 0 saturated carbocycles. The van der Waals surface area contributed by atoms with E-state index in [-0.39, 0.29) is 28.7 Å². The number of nitrogens with two attached hydrogens (primary N) is 1. The number of hydrogen-bond donors (Lipinski definition) is 5. The predicted octanol–water partition coefficient (Wildman–Crippen LogP) is -1.03. The van der Waals surface area contributed by atoms with Gasteiger partial charge in [0.05, 0.1) is 18.9 Å². The summed E-state index contributed by atoms with van der Waals surface area (Å²) in [5.74, 6) is -0.272. The molecule has 15 nitrogen and oxygen atoms in total. The monoisotopic (exact) mass is 420 g/mol. The van der Waals surface area contributed by atoms with E-state index < -0.39 is 42.0 Å². The number of anilines is 2. The molecule has 3 aromatic heterocycles. The largest absolute Gasteiger partial charge is 0.433 e. The number of nitro groups is 1. The van der Waals surface area contributed by atoms with Gasteiger partial charge >= 0.3 is 5.88 Å². The van der Waals surface area contributed by atoms with Crippen LogP contribution in [0.4, 0.5) is 17.7 Å². The Labute approximate surface area is 166 Å². The molecular formula is C15H16N8O7. The number of nitrogens with one attached hydrogen (secondary N) is 1. The molecule has 0 amide bonds. The van der Waals surface area contributed by atoms with Gasteiger partial charge in [-0.05, 0) is 6.07 Å². The third-order valence-electron chi connectivity index (χ3n) is 4.43. The predicted molar refractivity (Wildman–Crippen MR) is 99.3 cm³/mol. The van der Waals surface area contributed by atoms with Crippen molar-refractivity contribution < 1.29 is 29.4 Å². The summed E-state index contributed by atoms with van der Waals surface area (Å²) in [6.07, 6.45) is -2.60. The number of hydrazone groups is 1. The van der Waals surface area contributed by atoms with Crippen LogP contribution in [-0.2, 0) is 4.74 Å². The number of imidazole rings is 1. The van der Waals surface area contributed by atoms with Crippen molar-refractivity contribution >= 4 is 35.0 Å². The number of aliphatic hydroxyl groups excluding tert-OH is 3. The Kier molecular flexibility index (Phi) is 5.00. The van der Waals surface area contributed by atoms with Gasteiger partial charge in [-0.25, -0.2) is 20.4 Å². The molecule has 0 bridgehead atoms. The number of nitrogens with zero attached hydrogens (tertiary/aromatic N) is 6. The van der Waals surface area contributed by atoms with Gasteiger partial charge in [-0.2, -0.15) is 5.10 Å². The highest BCUT2D eigenvalue weighted by Crippen LogP contribution is 2.35. The maximum absolute atomic E-state index is 10.7. The van der Waals surface area contributed by atoms with Gasteiger partial charge in [0.15, 0.2) is 29.0 Å². The van der Waals surface area contributed by atoms with Gasteiger partial charge in [0.2, 0.25) is 5.95 Å². The molecule has 4 atom stereocenters. The summed E-state index contributed by atoms with van der Waals surface area (Å²) >= 11 is 0. The highest BCUT2D eigenvalue weighted by Gasteiger charge is 2.45. The van der Waals surface area contributed by atoms with Gasteiger partial charge < -0.3 is 30.2 Å². The average molecular weight is 420 g/mol. The van der Waals surface area contributed by atoms with Gasteiger partial charge in [-0.1, -0.05) is 0 Å². The molecule has 1 saturated heterocycles. The lowest BCUT2D eigenvalue weighted by atomic mass is 10.1. The van der Waals surface area contributed by atoms with E-state index >= 15 is 0 Å². The Bertz CT molecular complexity index is 1110. The van der Waals surface area contributed by atoms with Crippen molar-refractivity contribution in [1.82, 2.24) is 19.5 Å². The minimum atomic E-state index is -1.41. The molecule has 0 aromatic carbocycles. The van der Waals surface area contributed by atoms with E-state index in [4.69, 9.17) is 14.9 Å². The molecule has 3 aromatic rings. The zero-order chi connectivity index (χ0) is 21.4. The summed E-state index contributed by atoms with van der Waals surface area (Å²) in [5, 5.41) is 44.4. The standard InChI is InChI=1S/C15H16N8O7/c16-12-9-13(18-5-17-12)22(14-11(26)10(25)7(4-24)30-14)15(20-9)21-19-3-6-1-2-8(29-6)23(27)28/h1-3,5,7,10-11,14,24-26H,4H2,(H,20,21)(H2,16,17,18)/b19-3+/t7-,10-,11-,14-/m0/s1. The van der Waals surface area contributed by atoms with Crippen LogP contribution in [-0.4, -0.2) is 70.9 Å². The summed E-state index contributed by atoms with van der Waals surface area (Å²) in [5.41, 5.74) is 8.80. The molecule has 6 N–H and O–H groups in total. The van der Waals surface area contributed by atoms with Crippen molar-refractivity contribution in [2.24, 2.45) is 5.10 Å². The van der Waals surface area contributed by atoms with E-state index in [1.54, 1.807) is 0 Å². The number of aliphatic hydroxyl groups is 3. The summed E-state index contributed by atoms with van der Waals surface area (Å²) in [4.78, 5) is 22.2. The molecule has 0 aliphatic carbocycles. The van der Waals surface area contributed by atoms with Crippen LogP contribution in [0.15, 0.2) is 28.0 Å². The number of ether oxygens (including phenoxy) is 1. The van der Waals surface area contributed by atoms with E-state index in [0.29, 0.717) is 0 Å². The molecular weight excluding hydrogens is 404 g/mol. The average Bonchev–Trinajstić information content (AvgIpc) is 3.40. The second-order valence-corrected chi connectivity index (χ2v) is 6.27. The van der Waals surface area contributed by atoms with Crippen LogP contribution < -0.4 is 11.2 Å². The number of rotatable bonds is 6. The first kappa shape index (κ1) is 19.6. The summed E-state index contributed by atoms with van der Waals surface area (Å²) in [7, 11) is 0. The van der Waals surface area contributed by atoms with Crippen LogP contribution in [0.2, 0.25) is 0 Å². The van der Waals surface area contributed by atoms with Crippen molar-refractivity contribution in [1.29, 1.82) is 0 Å². The lowest BCUT2D eigenvalue weighted by molar-refractivity contribution is -0.402. The highest BCUT2D eigenvalue weighted by molar-refractivity contribution is 5.84. The van der Waals surface area contributed by atoms with Crippen LogP contribution in [0.5, 0.6) is 0 Å². The second-order valence-electron chi connectivity index (χ2n) is 6.27. The van der Waals surface area contributed by atoms with Gasteiger partial charge in [0.25, 0.3) is 0 Å². The molecule has 4 rings (SSSR count). The van der Waals surface area contributed by atoms with Crippen LogP contribution in [0.3, 0.4) is 0 Å². The Morgan fingerprint density at radius 1 is 1.37 bits per heavy atom. The van der Waals surface area contributed by atoms with E-state index in [1.807, 2.05) is 0 Å². The fourth-order valence-electron chi connectivity index (χ4n) is 3.00. The normalized spacial score (nSPS) is 24.1. The molecule has 30 heavy (non-hydrogen) atoms. The zero-order valence-corrected chi connectivity index (χ0v) is 15.1. The maximum atomic E-state index is 10.7. The van der Waals surface area contributed by atoms with Gasteiger partial charge in [-0.15, -0.1) is 0 Å². The van der Waals surface area contributed by atoms with Gasteiger partial charge in [0, 0.05) is 0 Å². The molecule has 1 aliphatic rings. The number of aromatic nitrogens is 4. The van der Waals surface area contributed by atoms with E-state index in [2.05, 4.69) is 25.5 Å². The van der Waals surface area contributed by atoms with Crippen molar-refractivity contribution in [2.45, 2.75) is 24.5 Å². The number of nitrogen functional groups attached to an aromatic ring is 1. The molecule has 0 unspecified atom stereocenters. The van der Waals surface area contributed by atoms with Crippen molar-refractivity contribution in [2.75, 3.05) is 17.8 Å². The third kappa shape index (κ3) is 3.30. The van der Waals surface area contributed by atoms with Crippen molar-refractivity contribution in [3.8, 4) is 0 Å².